The van der Waals surface area contributed by atoms with Gasteiger partial charge in [0.25, 0.3) is 0 Å². The van der Waals surface area contributed by atoms with Gasteiger partial charge in [-0.25, -0.2) is 0 Å². The van der Waals surface area contributed by atoms with Crippen LogP contribution in [-0.2, 0) is 14.4 Å². The minimum atomic E-state index is -0.774. The largest absolute Gasteiger partial charge is 0.370 e. The Kier molecular flexibility index (Phi) is 10.4. The number of guanidine groups is 1. The van der Waals surface area contributed by atoms with Gasteiger partial charge in [-0.15, -0.1) is 0 Å². The van der Waals surface area contributed by atoms with E-state index in [1.165, 1.54) is 0 Å². The lowest BCUT2D eigenvalue weighted by atomic mass is 10.0. The smallest absolute Gasteiger partial charge is 0.245 e. The Balaban J connectivity index is 2.84. The highest BCUT2D eigenvalue weighted by molar-refractivity contribution is 5.93. The Labute approximate surface area is 173 Å². The van der Waals surface area contributed by atoms with E-state index in [0.717, 1.165) is 6.42 Å². The van der Waals surface area contributed by atoms with Gasteiger partial charge in [-0.05, 0) is 44.9 Å². The number of nitrogens with two attached hydrogens (primary N) is 2. The van der Waals surface area contributed by atoms with Gasteiger partial charge >= 0.3 is 0 Å². The van der Waals surface area contributed by atoms with Crippen LogP contribution in [0.5, 0.6) is 0 Å². The van der Waals surface area contributed by atoms with Crippen LogP contribution in [0.25, 0.3) is 0 Å². The maximum atomic E-state index is 13.2. The molecular formula is C19H37N7O3. The molecule has 1 rings (SSSR count). The molecule has 1 aliphatic rings. The zero-order valence-corrected chi connectivity index (χ0v) is 17.8. The normalized spacial score (nSPS) is 18.2. The highest BCUT2D eigenvalue weighted by Gasteiger charge is 2.37. The summed E-state index contributed by atoms with van der Waals surface area (Å²) in [7, 11) is 0. The Morgan fingerprint density at radius 3 is 2.52 bits per heavy atom. The van der Waals surface area contributed by atoms with Gasteiger partial charge in [0.05, 0.1) is 6.04 Å². The number of rotatable bonds is 11. The molecule has 0 unspecified atom stereocenters. The second-order valence-electron chi connectivity index (χ2n) is 7.86. The van der Waals surface area contributed by atoms with E-state index in [1.807, 2.05) is 20.8 Å². The van der Waals surface area contributed by atoms with Crippen LogP contribution in [0.3, 0.4) is 0 Å². The topological polar surface area (TPSA) is 166 Å². The lowest BCUT2D eigenvalue weighted by Gasteiger charge is -2.29. The standard InChI is InChI=1S/C19H37N7O3/c1-4-23-17(28)15-8-6-10-26(15)18(29)14(7-5-9-24-19(21)22)25-16(27)13(20)11-12(2)3/h12-15H,4-11,20H2,1-3H3,(H,23,28)(H,25,27)(H4,21,22,24)/t13-,14-,15-/m0/s1. The van der Waals surface area contributed by atoms with Crippen LogP contribution < -0.4 is 27.4 Å². The molecule has 10 heteroatoms. The van der Waals surface area contributed by atoms with Crippen LogP contribution in [0.2, 0.25) is 0 Å². The molecule has 3 amide bonds. The van der Waals surface area contributed by atoms with Crippen molar-refractivity contribution >= 4 is 23.7 Å². The monoisotopic (exact) mass is 411 g/mol. The minimum absolute atomic E-state index is 0.147. The van der Waals surface area contributed by atoms with Gasteiger partial charge in [0.1, 0.15) is 12.1 Å². The second-order valence-corrected chi connectivity index (χ2v) is 7.86. The van der Waals surface area contributed by atoms with E-state index < -0.39 is 18.1 Å². The molecule has 0 spiro atoms. The zero-order valence-electron chi connectivity index (χ0n) is 17.8. The van der Waals surface area contributed by atoms with Crippen molar-refractivity contribution in [3.8, 4) is 0 Å². The average molecular weight is 412 g/mol. The van der Waals surface area contributed by atoms with Crippen molar-refractivity contribution in [1.29, 1.82) is 5.41 Å². The fourth-order valence-corrected chi connectivity index (χ4v) is 3.48. The number of amides is 3. The first kappa shape index (κ1) is 24.7. The Morgan fingerprint density at radius 1 is 1.24 bits per heavy atom. The van der Waals surface area contributed by atoms with Crippen molar-refractivity contribution in [2.45, 2.75) is 71.0 Å². The van der Waals surface area contributed by atoms with E-state index in [-0.39, 0.29) is 29.6 Å². The van der Waals surface area contributed by atoms with Gasteiger partial charge in [-0.3, -0.25) is 19.8 Å². The van der Waals surface area contributed by atoms with Crippen molar-refractivity contribution in [1.82, 2.24) is 20.9 Å². The van der Waals surface area contributed by atoms with Gasteiger partial charge in [0.15, 0.2) is 5.96 Å². The summed E-state index contributed by atoms with van der Waals surface area (Å²) >= 11 is 0. The van der Waals surface area contributed by atoms with E-state index >= 15 is 0 Å². The van der Waals surface area contributed by atoms with Gasteiger partial charge in [0.2, 0.25) is 17.7 Å². The van der Waals surface area contributed by atoms with Crippen molar-refractivity contribution in [2.75, 3.05) is 19.6 Å². The second kappa shape index (κ2) is 12.3. The summed E-state index contributed by atoms with van der Waals surface area (Å²) < 4.78 is 0. The lowest BCUT2D eigenvalue weighted by molar-refractivity contribution is -0.141. The van der Waals surface area contributed by atoms with E-state index in [4.69, 9.17) is 16.9 Å². The molecule has 0 radical (unpaired) electrons. The molecule has 0 bridgehead atoms. The number of carbonyl (C=O) groups excluding carboxylic acids is 3. The van der Waals surface area contributed by atoms with Crippen molar-refractivity contribution in [3.63, 3.8) is 0 Å². The molecule has 0 aromatic carbocycles. The summed E-state index contributed by atoms with van der Waals surface area (Å²) in [6, 6.07) is -1.98. The lowest BCUT2D eigenvalue weighted by Crippen LogP contribution is -2.55. The highest BCUT2D eigenvalue weighted by Crippen LogP contribution is 2.20. The van der Waals surface area contributed by atoms with Crippen LogP contribution in [0, 0.1) is 11.3 Å². The Hall–Kier alpha value is -2.36. The summed E-state index contributed by atoms with van der Waals surface area (Å²) in [5.41, 5.74) is 11.3. The summed E-state index contributed by atoms with van der Waals surface area (Å²) in [5, 5.41) is 15.4. The fourth-order valence-electron chi connectivity index (χ4n) is 3.48. The van der Waals surface area contributed by atoms with Gasteiger partial charge < -0.3 is 32.3 Å². The summed E-state index contributed by atoms with van der Waals surface area (Å²) in [5.74, 6) is -0.702. The zero-order chi connectivity index (χ0) is 22.0. The number of nitrogens with one attached hydrogen (secondary N) is 4. The van der Waals surface area contributed by atoms with Crippen LogP contribution in [-0.4, -0.2) is 66.3 Å². The first-order valence-corrected chi connectivity index (χ1v) is 10.4. The summed E-state index contributed by atoms with van der Waals surface area (Å²) in [6.07, 6.45) is 2.75. The van der Waals surface area contributed by atoms with E-state index in [0.29, 0.717) is 45.3 Å². The van der Waals surface area contributed by atoms with Crippen molar-refractivity contribution in [3.05, 3.63) is 0 Å². The molecule has 1 heterocycles. The van der Waals surface area contributed by atoms with Crippen LogP contribution in [0.4, 0.5) is 0 Å². The molecule has 0 aliphatic carbocycles. The number of hydrogen-bond donors (Lipinski definition) is 6. The predicted octanol–water partition coefficient (Wildman–Crippen LogP) is -0.765. The predicted molar refractivity (Wildman–Crippen MR) is 112 cm³/mol. The van der Waals surface area contributed by atoms with Crippen molar-refractivity contribution < 1.29 is 14.4 Å². The number of likely N-dealkylation sites (N-methyl/N-ethyl adjacent to an activating group) is 1. The summed E-state index contributed by atoms with van der Waals surface area (Å²) in [6.45, 7) is 7.18. The Bertz CT molecular complexity index is 582. The molecule has 0 aromatic rings. The van der Waals surface area contributed by atoms with E-state index in [9.17, 15) is 14.4 Å². The van der Waals surface area contributed by atoms with Crippen LogP contribution in [0.1, 0.15) is 52.9 Å². The molecule has 166 valence electrons. The molecule has 29 heavy (non-hydrogen) atoms. The minimum Gasteiger partial charge on any atom is -0.370 e. The van der Waals surface area contributed by atoms with Crippen LogP contribution in [0.15, 0.2) is 0 Å². The number of hydrogen-bond acceptors (Lipinski definition) is 5. The number of likely N-dealkylation sites (tertiary alicyclic amines) is 1. The first-order chi connectivity index (χ1) is 13.7. The quantitative estimate of drug-likeness (QED) is 0.148. The fraction of sp³-hybridized carbons (Fsp3) is 0.789. The molecule has 0 saturated carbocycles. The highest BCUT2D eigenvalue weighted by atomic mass is 16.2. The van der Waals surface area contributed by atoms with E-state index in [1.54, 1.807) is 4.90 Å². The maximum Gasteiger partial charge on any atom is 0.245 e. The van der Waals surface area contributed by atoms with Crippen LogP contribution >= 0.6 is 0 Å². The molecule has 10 nitrogen and oxygen atoms in total. The Morgan fingerprint density at radius 2 is 1.93 bits per heavy atom. The van der Waals surface area contributed by atoms with Gasteiger partial charge in [-0.2, -0.15) is 0 Å². The van der Waals surface area contributed by atoms with Crippen molar-refractivity contribution in [2.24, 2.45) is 17.4 Å². The number of carbonyl (C=O) groups is 3. The molecule has 1 saturated heterocycles. The molecular weight excluding hydrogens is 374 g/mol. The van der Waals surface area contributed by atoms with Gasteiger partial charge in [-0.1, -0.05) is 13.8 Å². The molecule has 3 atom stereocenters. The molecule has 0 aromatic heterocycles. The molecule has 8 N–H and O–H groups in total. The first-order valence-electron chi connectivity index (χ1n) is 10.4. The molecule has 1 fully saturated rings. The summed E-state index contributed by atoms with van der Waals surface area (Å²) in [4.78, 5) is 39.6. The third-order valence-corrected chi connectivity index (χ3v) is 4.85. The third kappa shape index (κ3) is 8.26. The number of nitrogens with zero attached hydrogens (tertiary/aromatic N) is 1. The molecule has 1 aliphatic heterocycles. The van der Waals surface area contributed by atoms with E-state index in [2.05, 4.69) is 16.0 Å². The average Bonchev–Trinajstić information content (AvgIpc) is 3.12. The third-order valence-electron chi connectivity index (χ3n) is 4.85. The maximum absolute atomic E-state index is 13.2. The van der Waals surface area contributed by atoms with Gasteiger partial charge in [0, 0.05) is 19.6 Å². The SMILES string of the molecule is CCNC(=O)[C@@H]1CCCN1C(=O)[C@H](CCCNC(=N)N)NC(=O)[C@@H](N)CC(C)C.